The first-order valence-electron chi connectivity index (χ1n) is 8.64. The van der Waals surface area contributed by atoms with Gasteiger partial charge in [0.1, 0.15) is 6.33 Å². The first kappa shape index (κ1) is 18.2. The van der Waals surface area contributed by atoms with E-state index in [0.29, 0.717) is 21.6 Å². The molecule has 4 aromatic rings. The Bertz CT molecular complexity index is 1240. The molecule has 1 aromatic carbocycles. The molecule has 0 amide bonds. The number of ketones is 1. The minimum atomic E-state index is -0.260. The predicted octanol–water partition coefficient (Wildman–Crippen LogP) is 2.43. The molecule has 4 rings (SSSR count). The minimum Gasteiger partial charge on any atom is -0.351 e. The summed E-state index contributed by atoms with van der Waals surface area (Å²) in [5, 5.41) is 7.39. The third-order valence-corrected chi connectivity index (χ3v) is 5.71. The molecular formula is C19H18N6O2S. The van der Waals surface area contributed by atoms with Crippen molar-refractivity contribution in [2.45, 2.75) is 19.0 Å². The molecular weight excluding hydrogens is 376 g/mol. The highest BCUT2D eigenvalue weighted by atomic mass is 32.2. The summed E-state index contributed by atoms with van der Waals surface area (Å²) in [7, 11) is 1.93. The van der Waals surface area contributed by atoms with Crippen molar-refractivity contribution < 1.29 is 4.79 Å². The second kappa shape index (κ2) is 7.08. The molecule has 8 nitrogen and oxygen atoms in total. The molecule has 0 fully saturated rings. The van der Waals surface area contributed by atoms with E-state index in [9.17, 15) is 9.59 Å². The normalized spacial score (nSPS) is 11.2. The minimum absolute atomic E-state index is 0.0160. The highest BCUT2D eigenvalue weighted by molar-refractivity contribution is 7.99. The number of aromatic amines is 1. The Morgan fingerprint density at radius 3 is 2.71 bits per heavy atom. The lowest BCUT2D eigenvalue weighted by Gasteiger charge is -2.10. The van der Waals surface area contributed by atoms with Gasteiger partial charge in [-0.2, -0.15) is 10.1 Å². The standard InChI is InChI=1S/C19H18N6O2S/c1-11-8-14(12(2)24(11)3)16(26)9-28-19-22-15-7-5-4-6-13(15)17(27)25(19)18-20-10-21-23-18/h4-8,10H,9H2,1-3H3,(H,20,21,23). The fourth-order valence-corrected chi connectivity index (χ4v) is 3.93. The highest BCUT2D eigenvalue weighted by Crippen LogP contribution is 2.22. The number of H-pyrrole nitrogens is 1. The zero-order valence-corrected chi connectivity index (χ0v) is 16.4. The molecule has 0 radical (unpaired) electrons. The Kier molecular flexibility index (Phi) is 4.60. The molecule has 0 saturated carbocycles. The lowest BCUT2D eigenvalue weighted by Crippen LogP contribution is -2.23. The molecule has 9 heteroatoms. The average molecular weight is 394 g/mol. The van der Waals surface area contributed by atoms with E-state index in [2.05, 4.69) is 20.2 Å². The Labute approximate surface area is 164 Å². The van der Waals surface area contributed by atoms with E-state index in [1.54, 1.807) is 18.2 Å². The monoisotopic (exact) mass is 394 g/mol. The topological polar surface area (TPSA) is 98.5 Å². The van der Waals surface area contributed by atoms with Gasteiger partial charge in [-0.25, -0.2) is 14.6 Å². The number of nitrogens with one attached hydrogen (secondary N) is 1. The molecule has 0 saturated heterocycles. The van der Waals surface area contributed by atoms with Gasteiger partial charge >= 0.3 is 0 Å². The zero-order valence-electron chi connectivity index (χ0n) is 15.6. The summed E-state index contributed by atoms with van der Waals surface area (Å²) < 4.78 is 3.34. The van der Waals surface area contributed by atoms with Crippen LogP contribution in [0.3, 0.4) is 0 Å². The number of thioether (sulfide) groups is 1. The van der Waals surface area contributed by atoms with E-state index >= 15 is 0 Å². The number of nitrogens with zero attached hydrogens (tertiary/aromatic N) is 5. The van der Waals surface area contributed by atoms with Gasteiger partial charge < -0.3 is 4.57 Å². The maximum absolute atomic E-state index is 13.0. The largest absolute Gasteiger partial charge is 0.351 e. The van der Waals surface area contributed by atoms with Crippen LogP contribution >= 0.6 is 11.8 Å². The second-order valence-electron chi connectivity index (χ2n) is 6.42. The van der Waals surface area contributed by atoms with Crippen LogP contribution in [0.15, 0.2) is 46.6 Å². The van der Waals surface area contributed by atoms with Crippen molar-refractivity contribution in [2.24, 2.45) is 7.05 Å². The van der Waals surface area contributed by atoms with E-state index in [-0.39, 0.29) is 23.0 Å². The summed E-state index contributed by atoms with van der Waals surface area (Å²) in [4.78, 5) is 34.4. The van der Waals surface area contributed by atoms with Crippen molar-refractivity contribution >= 4 is 28.4 Å². The van der Waals surface area contributed by atoms with Gasteiger partial charge in [-0.1, -0.05) is 23.9 Å². The quantitative estimate of drug-likeness (QED) is 0.317. The average Bonchev–Trinajstić information content (AvgIpc) is 3.31. The fourth-order valence-electron chi connectivity index (χ4n) is 3.05. The first-order chi connectivity index (χ1) is 13.5. The molecule has 0 spiro atoms. The van der Waals surface area contributed by atoms with Crippen LogP contribution in [0.25, 0.3) is 16.9 Å². The van der Waals surface area contributed by atoms with Crippen LogP contribution in [-0.2, 0) is 7.05 Å². The first-order valence-corrected chi connectivity index (χ1v) is 9.62. The van der Waals surface area contributed by atoms with Gasteiger partial charge in [0, 0.05) is 24.0 Å². The van der Waals surface area contributed by atoms with E-state index in [0.717, 1.165) is 11.4 Å². The summed E-state index contributed by atoms with van der Waals surface area (Å²) in [6.45, 7) is 3.88. The maximum Gasteiger partial charge on any atom is 0.269 e. The van der Waals surface area contributed by atoms with Gasteiger partial charge in [0.05, 0.1) is 16.7 Å². The lowest BCUT2D eigenvalue weighted by molar-refractivity contribution is 0.102. The number of aromatic nitrogens is 6. The number of benzene rings is 1. The third kappa shape index (κ3) is 3.03. The molecule has 3 aromatic heterocycles. The molecule has 28 heavy (non-hydrogen) atoms. The maximum atomic E-state index is 13.0. The number of carbonyl (C=O) groups excluding carboxylic acids is 1. The van der Waals surface area contributed by atoms with Gasteiger partial charge in [-0.15, -0.1) is 0 Å². The summed E-state index contributed by atoms with van der Waals surface area (Å²) in [5.74, 6) is 0.408. The molecule has 1 N–H and O–H groups in total. The number of hydrogen-bond donors (Lipinski definition) is 1. The van der Waals surface area contributed by atoms with E-state index in [1.165, 1.54) is 22.7 Å². The Balaban J connectivity index is 1.74. The molecule has 3 heterocycles. The van der Waals surface area contributed by atoms with Crippen LogP contribution in [-0.4, -0.2) is 40.8 Å². The van der Waals surface area contributed by atoms with Crippen molar-refractivity contribution in [1.82, 2.24) is 29.3 Å². The number of Topliss-reactive ketones (excluding diaryl/α,β-unsaturated/α-hetero) is 1. The summed E-state index contributed by atoms with van der Waals surface area (Å²) >= 11 is 1.21. The van der Waals surface area contributed by atoms with Crippen molar-refractivity contribution in [1.29, 1.82) is 0 Å². The van der Waals surface area contributed by atoms with Crippen LogP contribution in [0.4, 0.5) is 0 Å². The van der Waals surface area contributed by atoms with Crippen LogP contribution in [0, 0.1) is 13.8 Å². The smallest absolute Gasteiger partial charge is 0.269 e. The Morgan fingerprint density at radius 2 is 2.04 bits per heavy atom. The molecule has 142 valence electrons. The zero-order chi connectivity index (χ0) is 19.8. The van der Waals surface area contributed by atoms with Gasteiger partial charge in [0.25, 0.3) is 5.56 Å². The third-order valence-electron chi connectivity index (χ3n) is 4.77. The van der Waals surface area contributed by atoms with E-state index in [1.807, 2.05) is 37.6 Å². The number of carbonyl (C=O) groups is 1. The number of hydrogen-bond acceptors (Lipinski definition) is 6. The molecule has 0 aliphatic rings. The summed E-state index contributed by atoms with van der Waals surface area (Å²) in [5.41, 5.74) is 2.94. The number of para-hydroxylation sites is 1. The molecule has 0 aliphatic carbocycles. The van der Waals surface area contributed by atoms with E-state index < -0.39 is 0 Å². The van der Waals surface area contributed by atoms with Crippen molar-refractivity contribution in [2.75, 3.05) is 5.75 Å². The fraction of sp³-hybridized carbons (Fsp3) is 0.211. The number of fused-ring (bicyclic) bond motifs is 1. The predicted molar refractivity (Wildman–Crippen MR) is 107 cm³/mol. The molecule has 0 atom stereocenters. The van der Waals surface area contributed by atoms with Crippen molar-refractivity contribution in [3.8, 4) is 5.95 Å². The van der Waals surface area contributed by atoms with Crippen LogP contribution in [0.2, 0.25) is 0 Å². The van der Waals surface area contributed by atoms with Crippen LogP contribution in [0.5, 0.6) is 0 Å². The molecule has 0 bridgehead atoms. The van der Waals surface area contributed by atoms with Crippen molar-refractivity contribution in [3.05, 3.63) is 64.0 Å². The van der Waals surface area contributed by atoms with Gasteiger partial charge in [-0.3, -0.25) is 9.59 Å². The Hall–Kier alpha value is -3.20. The molecule has 0 aliphatic heterocycles. The van der Waals surface area contributed by atoms with Crippen molar-refractivity contribution in [3.63, 3.8) is 0 Å². The van der Waals surface area contributed by atoms with Crippen LogP contribution in [0.1, 0.15) is 21.7 Å². The van der Waals surface area contributed by atoms with Gasteiger partial charge in [0.15, 0.2) is 10.9 Å². The summed E-state index contributed by atoms with van der Waals surface area (Å²) in [6, 6.07) is 8.98. The van der Waals surface area contributed by atoms with E-state index in [4.69, 9.17) is 0 Å². The highest BCUT2D eigenvalue weighted by Gasteiger charge is 2.19. The number of rotatable bonds is 5. The SMILES string of the molecule is Cc1cc(C(=O)CSc2nc3ccccc3c(=O)n2-c2ncn[nH]2)c(C)n1C. The second-order valence-corrected chi connectivity index (χ2v) is 7.36. The molecule has 0 unspecified atom stereocenters. The van der Waals surface area contributed by atoms with Gasteiger partial charge in [0.2, 0.25) is 5.95 Å². The summed E-state index contributed by atoms with van der Waals surface area (Å²) in [6.07, 6.45) is 1.33. The number of aryl methyl sites for hydroxylation is 1. The van der Waals surface area contributed by atoms with Crippen LogP contribution < -0.4 is 5.56 Å². The van der Waals surface area contributed by atoms with Gasteiger partial charge in [-0.05, 0) is 32.0 Å². The Morgan fingerprint density at radius 1 is 1.25 bits per heavy atom. The lowest BCUT2D eigenvalue weighted by atomic mass is 10.2.